The van der Waals surface area contributed by atoms with Crippen molar-refractivity contribution in [1.29, 1.82) is 0 Å². The average molecular weight is 256 g/mol. The van der Waals surface area contributed by atoms with Crippen LogP contribution in [0.5, 0.6) is 0 Å². The summed E-state index contributed by atoms with van der Waals surface area (Å²) in [6.45, 7) is 10.1. The Kier molecular flexibility index (Phi) is 5.63. The molecule has 1 saturated carbocycles. The zero-order valence-corrected chi connectivity index (χ0v) is 12.8. The monoisotopic (exact) mass is 256 g/mol. The minimum atomic E-state index is -0.620. The molecule has 108 valence electrons. The highest BCUT2D eigenvalue weighted by molar-refractivity contribution is 4.86. The summed E-state index contributed by atoms with van der Waals surface area (Å²) >= 11 is 0. The van der Waals surface area contributed by atoms with Gasteiger partial charge in [0.05, 0.1) is 5.60 Å². The molecule has 0 bridgehead atoms. The molecule has 0 amide bonds. The molecule has 0 heterocycles. The van der Waals surface area contributed by atoms with E-state index in [4.69, 9.17) is 5.73 Å². The van der Waals surface area contributed by atoms with Gasteiger partial charge in [0, 0.05) is 19.1 Å². The predicted octanol–water partition coefficient (Wildman–Crippen LogP) is 2.09. The van der Waals surface area contributed by atoms with E-state index in [9.17, 15) is 5.11 Å². The van der Waals surface area contributed by atoms with Crippen LogP contribution in [0.3, 0.4) is 0 Å². The summed E-state index contributed by atoms with van der Waals surface area (Å²) in [7, 11) is 2.09. The Bertz CT molecular complexity index is 247. The van der Waals surface area contributed by atoms with Crippen molar-refractivity contribution in [3.63, 3.8) is 0 Å². The van der Waals surface area contributed by atoms with E-state index in [1.807, 2.05) is 13.8 Å². The van der Waals surface area contributed by atoms with Crippen LogP contribution in [0, 0.1) is 17.8 Å². The Morgan fingerprint density at radius 1 is 1.33 bits per heavy atom. The molecule has 0 saturated heterocycles. The fraction of sp³-hybridized carbons (Fsp3) is 1.00. The highest BCUT2D eigenvalue weighted by Gasteiger charge is 2.30. The van der Waals surface area contributed by atoms with Crippen molar-refractivity contribution in [3.05, 3.63) is 0 Å². The van der Waals surface area contributed by atoms with Gasteiger partial charge in [-0.05, 0) is 57.9 Å². The minimum absolute atomic E-state index is 0.337. The first-order valence-corrected chi connectivity index (χ1v) is 7.35. The standard InChI is InChI=1S/C15H32N2O/c1-11(2)12-6-7-14(16)13(8-12)9-17(5)10-15(3,4)18/h11-14,18H,6-10,16H2,1-5H3. The van der Waals surface area contributed by atoms with Gasteiger partial charge in [0.1, 0.15) is 0 Å². The number of rotatable bonds is 5. The summed E-state index contributed by atoms with van der Waals surface area (Å²) in [4.78, 5) is 2.23. The minimum Gasteiger partial charge on any atom is -0.389 e. The molecule has 1 aliphatic rings. The number of hydrogen-bond donors (Lipinski definition) is 2. The molecule has 3 N–H and O–H groups in total. The molecule has 0 aromatic heterocycles. The predicted molar refractivity (Wildman–Crippen MR) is 77.4 cm³/mol. The third-order valence-electron chi connectivity index (χ3n) is 4.23. The number of aliphatic hydroxyl groups is 1. The molecule has 3 unspecified atom stereocenters. The zero-order chi connectivity index (χ0) is 13.9. The quantitative estimate of drug-likeness (QED) is 0.792. The lowest BCUT2D eigenvalue weighted by Crippen LogP contribution is -2.45. The van der Waals surface area contributed by atoms with Gasteiger partial charge in [0.25, 0.3) is 0 Å². The van der Waals surface area contributed by atoms with Crippen molar-refractivity contribution >= 4 is 0 Å². The highest BCUT2D eigenvalue weighted by Crippen LogP contribution is 2.33. The summed E-state index contributed by atoms with van der Waals surface area (Å²) in [5.74, 6) is 2.17. The normalized spacial score (nSPS) is 30.2. The second-order valence-electron chi connectivity index (χ2n) is 7.25. The van der Waals surface area contributed by atoms with E-state index in [2.05, 4.69) is 25.8 Å². The van der Waals surface area contributed by atoms with Gasteiger partial charge in [-0.2, -0.15) is 0 Å². The van der Waals surface area contributed by atoms with Crippen molar-refractivity contribution in [3.8, 4) is 0 Å². The number of nitrogens with zero attached hydrogens (tertiary/aromatic N) is 1. The Hall–Kier alpha value is -0.120. The summed E-state index contributed by atoms with van der Waals surface area (Å²) in [5, 5.41) is 9.85. The molecule has 1 aliphatic carbocycles. The molecular formula is C15H32N2O. The van der Waals surface area contributed by atoms with E-state index in [-0.39, 0.29) is 0 Å². The fourth-order valence-corrected chi connectivity index (χ4v) is 3.26. The topological polar surface area (TPSA) is 49.5 Å². The SMILES string of the molecule is CC(C)C1CCC(N)C(CN(C)CC(C)(C)O)C1. The van der Waals surface area contributed by atoms with Gasteiger partial charge < -0.3 is 15.7 Å². The van der Waals surface area contributed by atoms with Crippen LogP contribution in [0.2, 0.25) is 0 Å². The van der Waals surface area contributed by atoms with Crippen molar-refractivity contribution < 1.29 is 5.11 Å². The summed E-state index contributed by atoms with van der Waals surface area (Å²) in [6.07, 6.45) is 3.68. The van der Waals surface area contributed by atoms with Crippen molar-refractivity contribution in [2.75, 3.05) is 20.1 Å². The van der Waals surface area contributed by atoms with Gasteiger partial charge in [-0.3, -0.25) is 0 Å². The maximum absolute atomic E-state index is 9.85. The Morgan fingerprint density at radius 3 is 2.44 bits per heavy atom. The maximum atomic E-state index is 9.85. The second-order valence-corrected chi connectivity index (χ2v) is 7.25. The van der Waals surface area contributed by atoms with Crippen LogP contribution < -0.4 is 5.73 Å². The summed E-state index contributed by atoms with van der Waals surface area (Å²) in [5.41, 5.74) is 5.64. The van der Waals surface area contributed by atoms with Crippen molar-refractivity contribution in [2.45, 2.75) is 58.6 Å². The molecular weight excluding hydrogens is 224 g/mol. The van der Waals surface area contributed by atoms with Crippen LogP contribution in [0.25, 0.3) is 0 Å². The molecule has 3 atom stereocenters. The molecule has 0 spiro atoms. The molecule has 0 aromatic rings. The first-order chi connectivity index (χ1) is 8.19. The molecule has 1 fully saturated rings. The molecule has 0 aliphatic heterocycles. The zero-order valence-electron chi connectivity index (χ0n) is 12.8. The van der Waals surface area contributed by atoms with Crippen LogP contribution in [0.1, 0.15) is 47.0 Å². The van der Waals surface area contributed by atoms with Crippen LogP contribution in [0.15, 0.2) is 0 Å². The smallest absolute Gasteiger partial charge is 0.0718 e. The number of hydrogen-bond acceptors (Lipinski definition) is 3. The molecule has 0 aromatic carbocycles. The lowest BCUT2D eigenvalue weighted by Gasteiger charge is -2.38. The molecule has 3 heteroatoms. The van der Waals surface area contributed by atoms with Crippen LogP contribution in [0.4, 0.5) is 0 Å². The van der Waals surface area contributed by atoms with E-state index < -0.39 is 5.60 Å². The number of nitrogens with two attached hydrogens (primary N) is 1. The third kappa shape index (κ3) is 5.25. The first-order valence-electron chi connectivity index (χ1n) is 7.35. The van der Waals surface area contributed by atoms with E-state index >= 15 is 0 Å². The van der Waals surface area contributed by atoms with Gasteiger partial charge in [-0.25, -0.2) is 0 Å². The van der Waals surface area contributed by atoms with Gasteiger partial charge in [-0.1, -0.05) is 13.8 Å². The van der Waals surface area contributed by atoms with Crippen molar-refractivity contribution in [1.82, 2.24) is 4.90 Å². The molecule has 3 nitrogen and oxygen atoms in total. The fourth-order valence-electron chi connectivity index (χ4n) is 3.26. The summed E-state index contributed by atoms with van der Waals surface area (Å²) in [6, 6.07) is 0.337. The van der Waals surface area contributed by atoms with Crippen LogP contribution >= 0.6 is 0 Å². The second kappa shape index (κ2) is 6.36. The van der Waals surface area contributed by atoms with E-state index in [0.717, 1.165) is 24.8 Å². The molecule has 0 radical (unpaired) electrons. The van der Waals surface area contributed by atoms with E-state index in [0.29, 0.717) is 18.5 Å². The Morgan fingerprint density at radius 2 is 1.94 bits per heavy atom. The highest BCUT2D eigenvalue weighted by atomic mass is 16.3. The van der Waals surface area contributed by atoms with Gasteiger partial charge in [0.2, 0.25) is 0 Å². The number of likely N-dealkylation sites (N-methyl/N-ethyl adjacent to an activating group) is 1. The Labute approximate surface area is 113 Å². The summed E-state index contributed by atoms with van der Waals surface area (Å²) < 4.78 is 0. The largest absolute Gasteiger partial charge is 0.389 e. The average Bonchev–Trinajstić information content (AvgIpc) is 2.18. The lowest BCUT2D eigenvalue weighted by atomic mass is 9.73. The van der Waals surface area contributed by atoms with E-state index in [1.54, 1.807) is 0 Å². The Balaban J connectivity index is 2.48. The van der Waals surface area contributed by atoms with Crippen LogP contribution in [-0.4, -0.2) is 41.8 Å². The van der Waals surface area contributed by atoms with Crippen molar-refractivity contribution in [2.24, 2.45) is 23.5 Å². The van der Waals surface area contributed by atoms with Gasteiger partial charge in [-0.15, -0.1) is 0 Å². The molecule has 18 heavy (non-hydrogen) atoms. The third-order valence-corrected chi connectivity index (χ3v) is 4.23. The van der Waals surface area contributed by atoms with Gasteiger partial charge >= 0.3 is 0 Å². The first kappa shape index (κ1) is 15.9. The lowest BCUT2D eigenvalue weighted by molar-refractivity contribution is 0.0338. The van der Waals surface area contributed by atoms with Gasteiger partial charge in [0.15, 0.2) is 0 Å². The molecule has 1 rings (SSSR count). The van der Waals surface area contributed by atoms with E-state index in [1.165, 1.54) is 12.8 Å². The van der Waals surface area contributed by atoms with Crippen LogP contribution in [-0.2, 0) is 0 Å². The maximum Gasteiger partial charge on any atom is 0.0718 e.